The van der Waals surface area contributed by atoms with Gasteiger partial charge >= 0.3 is 11.9 Å². The molecule has 1 N–H and O–H groups in total. The number of esters is 1. The van der Waals surface area contributed by atoms with Crippen molar-refractivity contribution < 1.29 is 27.9 Å². The van der Waals surface area contributed by atoms with Crippen LogP contribution in [0, 0.1) is 0 Å². The minimum Gasteiger partial charge on any atom is -0.480 e. The van der Waals surface area contributed by atoms with Crippen molar-refractivity contribution in [3.05, 3.63) is 0 Å². The van der Waals surface area contributed by atoms with Crippen LogP contribution in [0.15, 0.2) is 0 Å². The fraction of sp³-hybridized carbons (Fsp3) is 0.818. The topological polar surface area (TPSA) is 101 Å². The summed E-state index contributed by atoms with van der Waals surface area (Å²) in [6, 6.07) is -0.965. The van der Waals surface area contributed by atoms with Crippen LogP contribution in [-0.2, 0) is 24.3 Å². The van der Waals surface area contributed by atoms with Crippen LogP contribution in [0.5, 0.6) is 0 Å². The Morgan fingerprint density at radius 1 is 1.42 bits per heavy atom. The summed E-state index contributed by atoms with van der Waals surface area (Å²) in [5.41, 5.74) is 0. The van der Waals surface area contributed by atoms with Gasteiger partial charge in [-0.25, -0.2) is 8.42 Å². The Hall–Kier alpha value is -1.15. The molecule has 19 heavy (non-hydrogen) atoms. The van der Waals surface area contributed by atoms with Crippen molar-refractivity contribution in [2.45, 2.75) is 38.6 Å². The maximum absolute atomic E-state index is 12.0. The second kappa shape index (κ2) is 6.85. The summed E-state index contributed by atoms with van der Waals surface area (Å²) < 4.78 is 29.7. The van der Waals surface area contributed by atoms with Gasteiger partial charge in [-0.2, -0.15) is 4.31 Å². The molecule has 1 rings (SSSR count). The summed E-state index contributed by atoms with van der Waals surface area (Å²) in [6.07, 6.45) is 1.06. The van der Waals surface area contributed by atoms with Crippen molar-refractivity contribution in [3.63, 3.8) is 0 Å². The predicted molar refractivity (Wildman–Crippen MR) is 67.0 cm³/mol. The van der Waals surface area contributed by atoms with Crippen molar-refractivity contribution in [2.75, 3.05) is 18.9 Å². The van der Waals surface area contributed by atoms with Gasteiger partial charge in [-0.1, -0.05) is 0 Å². The zero-order valence-electron chi connectivity index (χ0n) is 10.9. The van der Waals surface area contributed by atoms with E-state index in [2.05, 4.69) is 0 Å². The van der Waals surface area contributed by atoms with Gasteiger partial charge in [-0.15, -0.1) is 0 Å². The van der Waals surface area contributed by atoms with Crippen molar-refractivity contribution >= 4 is 22.0 Å². The summed E-state index contributed by atoms with van der Waals surface area (Å²) in [7, 11) is -3.62. The van der Waals surface area contributed by atoms with Gasteiger partial charge in [-0.05, 0) is 26.2 Å². The lowest BCUT2D eigenvalue weighted by atomic mass is 10.2. The monoisotopic (exact) mass is 293 g/mol. The molecule has 0 unspecified atom stereocenters. The molecule has 0 radical (unpaired) electrons. The van der Waals surface area contributed by atoms with Gasteiger partial charge in [0.1, 0.15) is 6.04 Å². The standard InChI is InChI=1S/C11H19NO6S/c1-2-18-10(13)6-4-8-19(16,17)12-7-3-5-9(12)11(14)15/h9H,2-8H2,1H3,(H,14,15)/t9-/m1/s1. The molecule has 0 saturated carbocycles. The van der Waals surface area contributed by atoms with Crippen molar-refractivity contribution in [3.8, 4) is 0 Å². The highest BCUT2D eigenvalue weighted by molar-refractivity contribution is 7.89. The first-order valence-corrected chi connectivity index (χ1v) is 7.87. The SMILES string of the molecule is CCOC(=O)CCCS(=O)(=O)N1CCC[C@@H]1C(=O)O. The van der Waals surface area contributed by atoms with Crippen LogP contribution in [0.3, 0.4) is 0 Å². The molecule has 0 aromatic heterocycles. The first kappa shape index (κ1) is 15.9. The van der Waals surface area contributed by atoms with Crippen LogP contribution in [0.2, 0.25) is 0 Å². The van der Waals surface area contributed by atoms with E-state index >= 15 is 0 Å². The molecule has 110 valence electrons. The highest BCUT2D eigenvalue weighted by Gasteiger charge is 2.38. The van der Waals surface area contributed by atoms with Crippen LogP contribution in [-0.4, -0.2) is 54.7 Å². The number of carbonyl (C=O) groups excluding carboxylic acids is 1. The van der Waals surface area contributed by atoms with E-state index in [1.54, 1.807) is 6.92 Å². The van der Waals surface area contributed by atoms with Gasteiger partial charge in [0.25, 0.3) is 0 Å². The van der Waals surface area contributed by atoms with Crippen LogP contribution >= 0.6 is 0 Å². The smallest absolute Gasteiger partial charge is 0.322 e. The van der Waals surface area contributed by atoms with Crippen molar-refractivity contribution in [1.29, 1.82) is 0 Å². The number of hydrogen-bond donors (Lipinski definition) is 1. The predicted octanol–water partition coefficient (Wildman–Crippen LogP) is 0.208. The number of carboxylic acid groups (broad SMARTS) is 1. The average molecular weight is 293 g/mol. The number of aliphatic carboxylic acids is 1. The van der Waals surface area contributed by atoms with E-state index in [0.29, 0.717) is 12.8 Å². The van der Waals surface area contributed by atoms with E-state index in [9.17, 15) is 18.0 Å². The number of rotatable bonds is 7. The zero-order valence-corrected chi connectivity index (χ0v) is 11.7. The first-order chi connectivity index (χ1) is 8.88. The lowest BCUT2D eigenvalue weighted by molar-refractivity contribution is -0.143. The Bertz CT molecular complexity index is 432. The van der Waals surface area contributed by atoms with Gasteiger partial charge in [0.15, 0.2) is 0 Å². The molecule has 1 heterocycles. The van der Waals surface area contributed by atoms with Gasteiger partial charge in [0.05, 0.1) is 12.4 Å². The average Bonchev–Trinajstić information content (AvgIpc) is 2.78. The molecular weight excluding hydrogens is 274 g/mol. The van der Waals surface area contributed by atoms with E-state index in [1.807, 2.05) is 0 Å². The van der Waals surface area contributed by atoms with Crippen LogP contribution in [0.25, 0.3) is 0 Å². The van der Waals surface area contributed by atoms with Gasteiger partial charge in [0.2, 0.25) is 10.0 Å². The fourth-order valence-electron chi connectivity index (χ4n) is 2.07. The molecule has 0 spiro atoms. The van der Waals surface area contributed by atoms with E-state index in [1.165, 1.54) is 0 Å². The second-order valence-electron chi connectivity index (χ2n) is 4.33. The number of hydrogen-bond acceptors (Lipinski definition) is 5. The van der Waals surface area contributed by atoms with Crippen molar-refractivity contribution in [1.82, 2.24) is 4.31 Å². The van der Waals surface area contributed by atoms with Crippen molar-refractivity contribution in [2.24, 2.45) is 0 Å². The van der Waals surface area contributed by atoms with Gasteiger partial charge < -0.3 is 9.84 Å². The van der Waals surface area contributed by atoms with Crippen LogP contribution < -0.4 is 0 Å². The van der Waals surface area contributed by atoms with E-state index in [-0.39, 0.29) is 31.7 Å². The number of sulfonamides is 1. The molecule has 1 aliphatic rings. The number of nitrogens with zero attached hydrogens (tertiary/aromatic N) is 1. The lowest BCUT2D eigenvalue weighted by Crippen LogP contribution is -2.41. The molecule has 0 amide bonds. The third-order valence-electron chi connectivity index (χ3n) is 2.93. The molecule has 1 fully saturated rings. The molecule has 7 nitrogen and oxygen atoms in total. The molecule has 1 atom stereocenters. The largest absolute Gasteiger partial charge is 0.480 e. The van der Waals surface area contributed by atoms with E-state index in [0.717, 1.165) is 4.31 Å². The normalized spacial score (nSPS) is 20.4. The lowest BCUT2D eigenvalue weighted by Gasteiger charge is -2.20. The molecule has 0 bridgehead atoms. The summed E-state index contributed by atoms with van der Waals surface area (Å²) in [5.74, 6) is -1.78. The summed E-state index contributed by atoms with van der Waals surface area (Å²) in [5, 5.41) is 8.95. The molecule has 8 heteroatoms. The third-order valence-corrected chi connectivity index (χ3v) is 4.89. The highest BCUT2D eigenvalue weighted by atomic mass is 32.2. The Kier molecular flexibility index (Phi) is 5.74. The molecule has 0 aliphatic carbocycles. The zero-order chi connectivity index (χ0) is 14.5. The second-order valence-corrected chi connectivity index (χ2v) is 6.37. The Labute approximate surface area is 112 Å². The van der Waals surface area contributed by atoms with Gasteiger partial charge in [0, 0.05) is 13.0 Å². The van der Waals surface area contributed by atoms with Gasteiger partial charge in [-0.3, -0.25) is 9.59 Å². The fourth-order valence-corrected chi connectivity index (χ4v) is 3.80. The minimum absolute atomic E-state index is 0.0264. The Morgan fingerprint density at radius 2 is 2.11 bits per heavy atom. The molecule has 0 aromatic rings. The summed E-state index contributed by atoms with van der Waals surface area (Å²) >= 11 is 0. The highest BCUT2D eigenvalue weighted by Crippen LogP contribution is 2.22. The molecule has 1 aliphatic heterocycles. The third kappa shape index (κ3) is 4.46. The van der Waals surface area contributed by atoms with Crippen LogP contribution in [0.4, 0.5) is 0 Å². The first-order valence-electron chi connectivity index (χ1n) is 6.26. The summed E-state index contributed by atoms with van der Waals surface area (Å²) in [6.45, 7) is 2.17. The molecule has 0 aromatic carbocycles. The summed E-state index contributed by atoms with van der Waals surface area (Å²) in [4.78, 5) is 22.0. The van der Waals surface area contributed by atoms with E-state index in [4.69, 9.17) is 9.84 Å². The number of carboxylic acids is 1. The number of ether oxygens (including phenoxy) is 1. The maximum atomic E-state index is 12.0. The molecule has 1 saturated heterocycles. The Morgan fingerprint density at radius 3 is 2.68 bits per heavy atom. The van der Waals surface area contributed by atoms with E-state index < -0.39 is 28.0 Å². The Balaban J connectivity index is 2.52. The van der Waals surface area contributed by atoms with Crippen LogP contribution in [0.1, 0.15) is 32.6 Å². The number of carbonyl (C=O) groups is 2. The maximum Gasteiger partial charge on any atom is 0.322 e. The minimum atomic E-state index is -3.62. The quantitative estimate of drug-likeness (QED) is 0.673. The molecular formula is C11H19NO6S.